The Labute approximate surface area is 111 Å². The van der Waals surface area contributed by atoms with Gasteiger partial charge >= 0.3 is 0 Å². The second-order valence-corrected chi connectivity index (χ2v) is 5.15. The second kappa shape index (κ2) is 6.81. The van der Waals surface area contributed by atoms with Crippen molar-refractivity contribution in [3.8, 4) is 0 Å². The molecule has 1 N–H and O–H groups in total. The van der Waals surface area contributed by atoms with E-state index in [1.165, 1.54) is 0 Å². The zero-order chi connectivity index (χ0) is 12.8. The van der Waals surface area contributed by atoms with Crippen LogP contribution in [0, 0.1) is 12.8 Å². The number of aldehydes is 1. The van der Waals surface area contributed by atoms with Gasteiger partial charge in [0.05, 0.1) is 5.56 Å². The van der Waals surface area contributed by atoms with Crippen molar-refractivity contribution >= 4 is 35.5 Å². The van der Waals surface area contributed by atoms with Crippen molar-refractivity contribution in [3.63, 3.8) is 0 Å². The van der Waals surface area contributed by atoms with Gasteiger partial charge in [-0.2, -0.15) is 11.8 Å². The first-order valence-electron chi connectivity index (χ1n) is 5.30. The standard InChI is InChI=1S/C11H16ClN3OS/c1-7(6-17-3)4-13-11-9(5-16)10(12)14-8(2)15-11/h5,7H,4,6H2,1-3H3,(H,13,14,15). The molecule has 0 saturated carbocycles. The maximum atomic E-state index is 10.9. The number of halogens is 1. The molecule has 0 radical (unpaired) electrons. The Bertz CT molecular complexity index is 401. The number of nitrogens with zero attached hydrogens (tertiary/aromatic N) is 2. The number of hydrogen-bond donors (Lipinski definition) is 1. The van der Waals surface area contributed by atoms with E-state index in [0.717, 1.165) is 12.3 Å². The fourth-order valence-electron chi connectivity index (χ4n) is 1.40. The quantitative estimate of drug-likeness (QED) is 0.638. The lowest BCUT2D eigenvalue weighted by atomic mass is 10.2. The van der Waals surface area contributed by atoms with Crippen LogP contribution >= 0.6 is 23.4 Å². The molecule has 0 amide bonds. The van der Waals surface area contributed by atoms with Crippen molar-refractivity contribution < 1.29 is 4.79 Å². The van der Waals surface area contributed by atoms with Crippen molar-refractivity contribution in [2.75, 3.05) is 23.9 Å². The van der Waals surface area contributed by atoms with Crippen molar-refractivity contribution in [3.05, 3.63) is 16.5 Å². The molecule has 1 unspecified atom stereocenters. The van der Waals surface area contributed by atoms with Crippen molar-refractivity contribution in [2.24, 2.45) is 5.92 Å². The van der Waals surface area contributed by atoms with E-state index in [4.69, 9.17) is 11.6 Å². The van der Waals surface area contributed by atoms with Gasteiger partial charge in [0.25, 0.3) is 0 Å². The van der Waals surface area contributed by atoms with Crippen LogP contribution in [0.3, 0.4) is 0 Å². The summed E-state index contributed by atoms with van der Waals surface area (Å²) in [6.07, 6.45) is 2.75. The number of carbonyl (C=O) groups is 1. The summed E-state index contributed by atoms with van der Waals surface area (Å²) in [6, 6.07) is 0. The summed E-state index contributed by atoms with van der Waals surface area (Å²) in [4.78, 5) is 19.1. The van der Waals surface area contributed by atoms with E-state index in [-0.39, 0.29) is 5.15 Å². The molecular weight excluding hydrogens is 258 g/mol. The first kappa shape index (κ1) is 14.3. The number of hydrogen-bond acceptors (Lipinski definition) is 5. The minimum atomic E-state index is 0.201. The SMILES string of the molecule is CSCC(C)CNc1nc(C)nc(Cl)c1C=O. The van der Waals surface area contributed by atoms with Gasteiger partial charge in [0.2, 0.25) is 0 Å². The van der Waals surface area contributed by atoms with Crippen molar-refractivity contribution in [2.45, 2.75) is 13.8 Å². The fraction of sp³-hybridized carbons (Fsp3) is 0.545. The van der Waals surface area contributed by atoms with E-state index < -0.39 is 0 Å². The number of nitrogens with one attached hydrogen (secondary N) is 1. The Kier molecular flexibility index (Phi) is 5.71. The maximum absolute atomic E-state index is 10.9. The predicted octanol–water partition coefficient (Wildman–Crippen LogP) is 2.66. The van der Waals surface area contributed by atoms with E-state index >= 15 is 0 Å². The van der Waals surface area contributed by atoms with E-state index in [0.29, 0.717) is 29.4 Å². The topological polar surface area (TPSA) is 54.9 Å². The molecule has 1 heterocycles. The first-order valence-corrected chi connectivity index (χ1v) is 7.07. The third kappa shape index (κ3) is 4.16. The molecule has 1 atom stereocenters. The van der Waals surface area contributed by atoms with Gasteiger partial charge in [0, 0.05) is 6.54 Å². The van der Waals surface area contributed by atoms with Gasteiger partial charge < -0.3 is 5.32 Å². The van der Waals surface area contributed by atoms with Gasteiger partial charge in [-0.15, -0.1) is 0 Å². The summed E-state index contributed by atoms with van der Waals surface area (Å²) < 4.78 is 0. The lowest BCUT2D eigenvalue weighted by molar-refractivity contribution is 0.112. The van der Waals surface area contributed by atoms with Crippen LogP contribution in [0.1, 0.15) is 23.1 Å². The monoisotopic (exact) mass is 273 g/mol. The van der Waals surface area contributed by atoms with Gasteiger partial charge in [-0.05, 0) is 24.9 Å². The summed E-state index contributed by atoms with van der Waals surface area (Å²) >= 11 is 7.68. The highest BCUT2D eigenvalue weighted by Crippen LogP contribution is 2.19. The molecule has 6 heteroatoms. The average molecular weight is 274 g/mol. The minimum Gasteiger partial charge on any atom is -0.369 e. The van der Waals surface area contributed by atoms with Crippen LogP contribution in [0.5, 0.6) is 0 Å². The van der Waals surface area contributed by atoms with Crippen LogP contribution < -0.4 is 5.32 Å². The Morgan fingerprint density at radius 2 is 2.24 bits per heavy atom. The van der Waals surface area contributed by atoms with Gasteiger partial charge in [-0.25, -0.2) is 9.97 Å². The lowest BCUT2D eigenvalue weighted by Crippen LogP contribution is -2.16. The molecule has 1 rings (SSSR count). The highest BCUT2D eigenvalue weighted by Gasteiger charge is 2.11. The summed E-state index contributed by atoms with van der Waals surface area (Å²) in [5, 5.41) is 3.35. The van der Waals surface area contributed by atoms with Crippen molar-refractivity contribution in [1.82, 2.24) is 9.97 Å². The van der Waals surface area contributed by atoms with Gasteiger partial charge in [0.15, 0.2) is 6.29 Å². The predicted molar refractivity (Wildman–Crippen MR) is 73.2 cm³/mol. The zero-order valence-corrected chi connectivity index (χ0v) is 11.7. The lowest BCUT2D eigenvalue weighted by Gasteiger charge is -2.13. The zero-order valence-electron chi connectivity index (χ0n) is 10.2. The second-order valence-electron chi connectivity index (χ2n) is 3.88. The maximum Gasteiger partial charge on any atom is 0.156 e. The van der Waals surface area contributed by atoms with Crippen LogP contribution in [0.25, 0.3) is 0 Å². The van der Waals surface area contributed by atoms with Gasteiger partial charge in [-0.1, -0.05) is 18.5 Å². The molecule has 0 aliphatic heterocycles. The number of rotatable bonds is 6. The molecule has 17 heavy (non-hydrogen) atoms. The molecule has 0 saturated heterocycles. The molecule has 1 aromatic rings. The fourth-order valence-corrected chi connectivity index (χ4v) is 2.34. The largest absolute Gasteiger partial charge is 0.369 e. The van der Waals surface area contributed by atoms with Crippen LogP contribution in [0.15, 0.2) is 0 Å². The Hall–Kier alpha value is -0.810. The van der Waals surface area contributed by atoms with E-state index in [1.54, 1.807) is 18.7 Å². The van der Waals surface area contributed by atoms with Crippen LogP contribution in [0.2, 0.25) is 5.15 Å². The molecule has 94 valence electrons. The van der Waals surface area contributed by atoms with E-state index in [2.05, 4.69) is 28.5 Å². The number of anilines is 1. The van der Waals surface area contributed by atoms with E-state index in [1.807, 2.05) is 0 Å². The molecule has 4 nitrogen and oxygen atoms in total. The number of aromatic nitrogens is 2. The molecule has 1 aromatic heterocycles. The van der Waals surface area contributed by atoms with Crippen molar-refractivity contribution in [1.29, 1.82) is 0 Å². The Balaban J connectivity index is 2.79. The highest BCUT2D eigenvalue weighted by molar-refractivity contribution is 7.98. The summed E-state index contributed by atoms with van der Waals surface area (Å²) in [7, 11) is 0. The highest BCUT2D eigenvalue weighted by atomic mass is 35.5. The third-order valence-corrected chi connectivity index (χ3v) is 3.39. The molecule has 0 aliphatic carbocycles. The van der Waals surface area contributed by atoms with Crippen LogP contribution in [0.4, 0.5) is 5.82 Å². The number of aryl methyl sites for hydroxylation is 1. The Morgan fingerprint density at radius 1 is 1.53 bits per heavy atom. The molecular formula is C11H16ClN3OS. The van der Waals surface area contributed by atoms with Crippen LogP contribution in [-0.2, 0) is 0 Å². The molecule has 0 fully saturated rings. The smallest absolute Gasteiger partial charge is 0.156 e. The summed E-state index contributed by atoms with van der Waals surface area (Å²) in [5.74, 6) is 2.63. The molecule has 0 bridgehead atoms. The first-order chi connectivity index (χ1) is 8.08. The summed E-state index contributed by atoms with van der Waals surface area (Å²) in [6.45, 7) is 4.64. The average Bonchev–Trinajstić information content (AvgIpc) is 2.26. The van der Waals surface area contributed by atoms with Crippen LogP contribution in [-0.4, -0.2) is 34.8 Å². The number of carbonyl (C=O) groups excluding carboxylic acids is 1. The third-order valence-electron chi connectivity index (χ3n) is 2.20. The number of thioether (sulfide) groups is 1. The minimum absolute atomic E-state index is 0.201. The Morgan fingerprint density at radius 3 is 2.82 bits per heavy atom. The van der Waals surface area contributed by atoms with Gasteiger partial charge in [0.1, 0.15) is 16.8 Å². The normalized spacial score (nSPS) is 12.2. The van der Waals surface area contributed by atoms with Gasteiger partial charge in [-0.3, -0.25) is 4.79 Å². The molecule has 0 aliphatic rings. The van der Waals surface area contributed by atoms with E-state index in [9.17, 15) is 4.79 Å². The summed E-state index contributed by atoms with van der Waals surface area (Å²) in [5.41, 5.74) is 0.327. The molecule has 0 aromatic carbocycles. The molecule has 0 spiro atoms.